The molecule has 0 saturated carbocycles. The van der Waals surface area contributed by atoms with Crippen molar-refractivity contribution >= 4 is 16.9 Å². The lowest BCUT2D eigenvalue weighted by Gasteiger charge is -2.27. The molecule has 6 nitrogen and oxygen atoms in total. The monoisotopic (exact) mass is 366 g/mol. The van der Waals surface area contributed by atoms with E-state index in [0.717, 1.165) is 16.5 Å². The Balaban J connectivity index is 1.97. The van der Waals surface area contributed by atoms with Gasteiger partial charge in [0.25, 0.3) is 0 Å². The number of nitrogens with zero attached hydrogens (tertiary/aromatic N) is 2. The van der Waals surface area contributed by atoms with Gasteiger partial charge in [-0.25, -0.2) is 0 Å². The lowest BCUT2D eigenvalue weighted by atomic mass is 10.0. The van der Waals surface area contributed by atoms with Crippen molar-refractivity contribution in [3.8, 4) is 11.5 Å². The van der Waals surface area contributed by atoms with Crippen LogP contribution in [0.15, 0.2) is 54.7 Å². The molecule has 0 spiro atoms. The highest BCUT2D eigenvalue weighted by molar-refractivity contribution is 5.82. The second kappa shape index (κ2) is 8.05. The van der Waals surface area contributed by atoms with Crippen LogP contribution in [0, 0.1) is 0 Å². The minimum absolute atomic E-state index is 0.454. The highest BCUT2D eigenvalue weighted by atomic mass is 16.5. The van der Waals surface area contributed by atoms with Gasteiger partial charge >= 0.3 is 5.97 Å². The molecular weight excluding hydrogens is 344 g/mol. The van der Waals surface area contributed by atoms with Gasteiger partial charge in [0.15, 0.2) is 0 Å². The Morgan fingerprint density at radius 1 is 1.15 bits per heavy atom. The third-order valence-corrected chi connectivity index (χ3v) is 4.57. The molecule has 0 radical (unpaired) electrons. The molecule has 0 bridgehead atoms. The summed E-state index contributed by atoms with van der Waals surface area (Å²) in [5.41, 5.74) is 2.48. The van der Waals surface area contributed by atoms with Crippen LogP contribution in [0.5, 0.6) is 11.5 Å². The number of carboxylic acids is 1. The van der Waals surface area contributed by atoms with E-state index in [9.17, 15) is 9.90 Å². The minimum atomic E-state index is -0.945. The van der Waals surface area contributed by atoms with E-state index in [4.69, 9.17) is 9.47 Å². The number of benzene rings is 2. The van der Waals surface area contributed by atoms with Crippen LogP contribution >= 0.6 is 0 Å². The van der Waals surface area contributed by atoms with Crippen molar-refractivity contribution in [1.82, 2.24) is 9.88 Å². The number of ether oxygens (including phenoxy) is 2. The molecule has 0 amide bonds. The smallest absolute Gasteiger partial charge is 0.325 e. The number of hydrogen-bond donors (Lipinski definition) is 1. The third kappa shape index (κ3) is 3.85. The van der Waals surface area contributed by atoms with Gasteiger partial charge in [0, 0.05) is 29.8 Å². The molecule has 27 heavy (non-hydrogen) atoms. The Labute approximate surface area is 158 Å². The van der Waals surface area contributed by atoms with Crippen LogP contribution in [-0.2, 0) is 11.3 Å². The molecule has 1 N–H and O–H groups in total. The molecule has 3 aromatic rings. The zero-order chi connectivity index (χ0) is 19.4. The van der Waals surface area contributed by atoms with E-state index in [1.54, 1.807) is 43.5 Å². The first kappa shape index (κ1) is 18.7. The van der Waals surface area contributed by atoms with Gasteiger partial charge < -0.3 is 14.6 Å². The molecule has 2 aromatic carbocycles. The van der Waals surface area contributed by atoms with Gasteiger partial charge in [-0.05, 0) is 36.9 Å². The van der Waals surface area contributed by atoms with Crippen molar-refractivity contribution in [3.63, 3.8) is 0 Å². The largest absolute Gasteiger partial charge is 0.497 e. The van der Waals surface area contributed by atoms with E-state index in [-0.39, 0.29) is 0 Å². The van der Waals surface area contributed by atoms with Gasteiger partial charge in [0.2, 0.25) is 0 Å². The standard InChI is InChI=1S/C21H22N2O4/c1-23(13-14-10-11-22-18-7-5-4-6-16(14)18)20(21(24)25)17-9-8-15(26-2)12-19(17)27-3/h4-12,20H,13H2,1-3H3,(H,24,25)/t20-/m1/s1. The van der Waals surface area contributed by atoms with Crippen LogP contribution in [-0.4, -0.2) is 42.2 Å². The molecule has 0 unspecified atom stereocenters. The van der Waals surface area contributed by atoms with Gasteiger partial charge in [-0.3, -0.25) is 14.7 Å². The quantitative estimate of drug-likeness (QED) is 0.690. The summed E-state index contributed by atoms with van der Waals surface area (Å²) in [7, 11) is 4.87. The van der Waals surface area contributed by atoms with Gasteiger partial charge in [0.1, 0.15) is 17.5 Å². The number of fused-ring (bicyclic) bond motifs is 1. The minimum Gasteiger partial charge on any atom is -0.497 e. The van der Waals surface area contributed by atoms with Crippen molar-refractivity contribution in [2.45, 2.75) is 12.6 Å². The lowest BCUT2D eigenvalue weighted by Crippen LogP contribution is -2.31. The summed E-state index contributed by atoms with van der Waals surface area (Å²) in [4.78, 5) is 18.2. The van der Waals surface area contributed by atoms with Crippen LogP contribution in [0.2, 0.25) is 0 Å². The third-order valence-electron chi connectivity index (χ3n) is 4.57. The first-order valence-corrected chi connectivity index (χ1v) is 8.52. The molecule has 0 saturated heterocycles. The maximum atomic E-state index is 12.1. The van der Waals surface area contributed by atoms with Crippen molar-refractivity contribution in [1.29, 1.82) is 0 Å². The van der Waals surface area contributed by atoms with Gasteiger partial charge in [-0.2, -0.15) is 0 Å². The Morgan fingerprint density at radius 2 is 1.93 bits per heavy atom. The summed E-state index contributed by atoms with van der Waals surface area (Å²) in [5, 5.41) is 10.9. The number of hydrogen-bond acceptors (Lipinski definition) is 5. The molecule has 140 valence electrons. The Kier molecular flexibility index (Phi) is 5.57. The summed E-state index contributed by atoms with van der Waals surface area (Å²) in [6.45, 7) is 0.454. The fourth-order valence-corrected chi connectivity index (χ4v) is 3.26. The van der Waals surface area contributed by atoms with Crippen LogP contribution in [0.1, 0.15) is 17.2 Å². The molecule has 0 fully saturated rings. The van der Waals surface area contributed by atoms with Crippen LogP contribution in [0.25, 0.3) is 10.9 Å². The highest BCUT2D eigenvalue weighted by Crippen LogP contribution is 2.33. The average molecular weight is 366 g/mol. The van der Waals surface area contributed by atoms with E-state index in [1.807, 2.05) is 30.3 Å². The van der Waals surface area contributed by atoms with Crippen LogP contribution < -0.4 is 9.47 Å². The van der Waals surface area contributed by atoms with Gasteiger partial charge in [0.05, 0.1) is 19.7 Å². The number of carboxylic acid groups (broad SMARTS) is 1. The second-order valence-electron chi connectivity index (χ2n) is 6.25. The Morgan fingerprint density at radius 3 is 2.63 bits per heavy atom. The summed E-state index contributed by atoms with van der Waals surface area (Å²) >= 11 is 0. The van der Waals surface area contributed by atoms with E-state index >= 15 is 0 Å². The Hall–Kier alpha value is -3.12. The molecular formula is C21H22N2O4. The fourth-order valence-electron chi connectivity index (χ4n) is 3.26. The van der Waals surface area contributed by atoms with E-state index in [0.29, 0.717) is 23.6 Å². The average Bonchev–Trinajstić information content (AvgIpc) is 2.68. The summed E-state index contributed by atoms with van der Waals surface area (Å²) < 4.78 is 10.6. The SMILES string of the molecule is COc1ccc([C@H](C(=O)O)N(C)Cc2ccnc3ccccc23)c(OC)c1. The molecule has 1 aromatic heterocycles. The zero-order valence-electron chi connectivity index (χ0n) is 15.5. The first-order chi connectivity index (χ1) is 13.0. The number of likely N-dealkylation sites (N-methyl/N-ethyl adjacent to an activating group) is 1. The predicted octanol–water partition coefficient (Wildman–Crippen LogP) is 3.51. The maximum absolute atomic E-state index is 12.1. The number of carbonyl (C=O) groups is 1. The van der Waals surface area contributed by atoms with E-state index < -0.39 is 12.0 Å². The van der Waals surface area contributed by atoms with Crippen molar-refractivity contribution < 1.29 is 19.4 Å². The van der Waals surface area contributed by atoms with Gasteiger partial charge in [-0.1, -0.05) is 18.2 Å². The van der Waals surface area contributed by atoms with Crippen molar-refractivity contribution in [2.75, 3.05) is 21.3 Å². The topological polar surface area (TPSA) is 71.9 Å². The normalized spacial score (nSPS) is 12.1. The number of aromatic nitrogens is 1. The number of aliphatic carboxylic acids is 1. The number of pyridine rings is 1. The summed E-state index contributed by atoms with van der Waals surface area (Å²) in [6.07, 6.45) is 1.75. The summed E-state index contributed by atoms with van der Waals surface area (Å²) in [6, 6.07) is 14.1. The van der Waals surface area contributed by atoms with E-state index in [1.165, 1.54) is 7.11 Å². The first-order valence-electron chi connectivity index (χ1n) is 8.52. The molecule has 1 heterocycles. The second-order valence-corrected chi connectivity index (χ2v) is 6.25. The summed E-state index contributed by atoms with van der Waals surface area (Å²) in [5.74, 6) is 0.148. The molecule has 0 aliphatic heterocycles. The van der Waals surface area contributed by atoms with Crippen LogP contribution in [0.3, 0.4) is 0 Å². The molecule has 0 aliphatic rings. The highest BCUT2D eigenvalue weighted by Gasteiger charge is 2.28. The predicted molar refractivity (Wildman–Crippen MR) is 103 cm³/mol. The van der Waals surface area contributed by atoms with Crippen molar-refractivity contribution in [3.05, 3.63) is 65.9 Å². The van der Waals surface area contributed by atoms with Crippen molar-refractivity contribution in [2.24, 2.45) is 0 Å². The van der Waals surface area contributed by atoms with Gasteiger partial charge in [-0.15, -0.1) is 0 Å². The molecule has 0 aliphatic carbocycles. The molecule has 6 heteroatoms. The fraction of sp³-hybridized carbons (Fsp3) is 0.238. The zero-order valence-corrected chi connectivity index (χ0v) is 15.5. The lowest BCUT2D eigenvalue weighted by molar-refractivity contribution is -0.143. The van der Waals surface area contributed by atoms with Crippen LogP contribution in [0.4, 0.5) is 0 Å². The maximum Gasteiger partial charge on any atom is 0.325 e. The molecule has 3 rings (SSSR count). The number of para-hydroxylation sites is 1. The Bertz CT molecular complexity index is 953. The molecule has 1 atom stereocenters. The number of methoxy groups -OCH3 is 2. The number of rotatable bonds is 7. The van der Waals surface area contributed by atoms with E-state index in [2.05, 4.69) is 4.98 Å².